The Morgan fingerprint density at radius 1 is 1.17 bits per heavy atom. The number of benzene rings is 1. The van der Waals surface area contributed by atoms with Crippen LogP contribution in [0.15, 0.2) is 24.3 Å². The van der Waals surface area contributed by atoms with Gasteiger partial charge >= 0.3 is 5.97 Å². The zero-order valence-electron chi connectivity index (χ0n) is 13.4. The molecule has 5 nitrogen and oxygen atoms in total. The second kappa shape index (κ2) is 8.02. The molecule has 5 heteroatoms. The Balaban J connectivity index is 2.32. The smallest absolute Gasteiger partial charge is 0.342 e. The van der Waals surface area contributed by atoms with Gasteiger partial charge in [0.25, 0.3) is 0 Å². The third kappa shape index (κ3) is 4.99. The van der Waals surface area contributed by atoms with Crippen molar-refractivity contribution in [3.8, 4) is 11.5 Å². The van der Waals surface area contributed by atoms with E-state index in [2.05, 4.69) is 6.08 Å². The number of carbonyl (C=O) groups is 1. The Labute approximate surface area is 136 Å². The summed E-state index contributed by atoms with van der Waals surface area (Å²) in [5.74, 6) is -1.10. The summed E-state index contributed by atoms with van der Waals surface area (Å²) in [5.41, 5.74) is 0.426. The fourth-order valence-electron chi connectivity index (χ4n) is 2.76. The second-order valence-corrected chi connectivity index (χ2v) is 6.06. The summed E-state index contributed by atoms with van der Waals surface area (Å²) < 4.78 is 5.36. The molecule has 1 unspecified atom stereocenters. The number of ether oxygens (including phenoxy) is 1. The van der Waals surface area contributed by atoms with Gasteiger partial charge < -0.3 is 20.1 Å². The Hall–Kier alpha value is -2.01. The maximum atomic E-state index is 12.4. The molecule has 0 spiro atoms. The van der Waals surface area contributed by atoms with Crippen molar-refractivity contribution in [3.05, 3.63) is 35.4 Å². The van der Waals surface area contributed by atoms with E-state index < -0.39 is 12.1 Å². The minimum absolute atomic E-state index is 0.0229. The van der Waals surface area contributed by atoms with Gasteiger partial charge in [0.1, 0.15) is 23.2 Å². The monoisotopic (exact) mass is 320 g/mol. The Kier molecular flexibility index (Phi) is 6.04. The number of esters is 1. The molecule has 126 valence electrons. The molecule has 3 N–H and O–H groups in total. The number of fused-ring (bicyclic) bond motifs is 1. The highest BCUT2D eigenvalue weighted by atomic mass is 16.5. The lowest BCUT2D eigenvalue weighted by Gasteiger charge is -2.17. The lowest BCUT2D eigenvalue weighted by atomic mass is 9.97. The van der Waals surface area contributed by atoms with Crippen molar-refractivity contribution in [1.82, 2.24) is 0 Å². The largest absolute Gasteiger partial charge is 0.508 e. The molecule has 0 saturated carbocycles. The molecule has 2 rings (SSSR count). The molecule has 1 aliphatic rings. The van der Waals surface area contributed by atoms with E-state index in [0.717, 1.165) is 25.3 Å². The van der Waals surface area contributed by atoms with Gasteiger partial charge in [0.2, 0.25) is 0 Å². The fourth-order valence-corrected chi connectivity index (χ4v) is 2.76. The summed E-state index contributed by atoms with van der Waals surface area (Å²) in [6.45, 7) is 1.79. The van der Waals surface area contributed by atoms with Crippen LogP contribution < -0.4 is 0 Å². The van der Waals surface area contributed by atoms with Gasteiger partial charge in [-0.3, -0.25) is 0 Å². The van der Waals surface area contributed by atoms with E-state index >= 15 is 0 Å². The summed E-state index contributed by atoms with van der Waals surface area (Å²) in [4.78, 5) is 12.4. The molecule has 2 atom stereocenters. The van der Waals surface area contributed by atoms with Crippen molar-refractivity contribution in [2.75, 3.05) is 0 Å². The topological polar surface area (TPSA) is 87.0 Å². The molecular formula is C18H24O5. The van der Waals surface area contributed by atoms with E-state index in [1.807, 2.05) is 6.08 Å². The quantitative estimate of drug-likeness (QED) is 0.505. The van der Waals surface area contributed by atoms with Crippen LogP contribution in [0, 0.1) is 0 Å². The first-order valence-electron chi connectivity index (χ1n) is 8.06. The lowest BCUT2D eigenvalue weighted by Crippen LogP contribution is -2.18. The van der Waals surface area contributed by atoms with E-state index in [1.165, 1.54) is 6.07 Å². The first-order valence-corrected chi connectivity index (χ1v) is 8.06. The first kappa shape index (κ1) is 17.3. The SMILES string of the molecule is C[C@H]1C/C=C/CCCCC(O)Cc2cc(O)cc(O)c2C(=O)O1. The highest BCUT2D eigenvalue weighted by Gasteiger charge is 2.22. The number of rotatable bonds is 0. The molecular weight excluding hydrogens is 296 g/mol. The van der Waals surface area contributed by atoms with Crippen molar-refractivity contribution in [2.45, 2.75) is 57.7 Å². The summed E-state index contributed by atoms with van der Waals surface area (Å²) in [5, 5.41) is 29.8. The van der Waals surface area contributed by atoms with Crippen LogP contribution in [0.2, 0.25) is 0 Å². The number of cyclic esters (lactones) is 1. The van der Waals surface area contributed by atoms with E-state index in [1.54, 1.807) is 6.92 Å². The number of carbonyl (C=O) groups excluding carboxylic acids is 1. The van der Waals surface area contributed by atoms with Crippen LogP contribution in [0.5, 0.6) is 11.5 Å². The second-order valence-electron chi connectivity index (χ2n) is 6.06. The van der Waals surface area contributed by atoms with Crippen molar-refractivity contribution in [1.29, 1.82) is 0 Å². The lowest BCUT2D eigenvalue weighted by molar-refractivity contribution is 0.0342. The van der Waals surface area contributed by atoms with Gasteiger partial charge in [-0.05, 0) is 44.2 Å². The van der Waals surface area contributed by atoms with Crippen molar-refractivity contribution < 1.29 is 24.9 Å². The third-order valence-corrected chi connectivity index (χ3v) is 3.94. The average Bonchev–Trinajstić information content (AvgIpc) is 2.44. The zero-order chi connectivity index (χ0) is 16.8. The molecule has 0 fully saturated rings. The summed E-state index contributed by atoms with van der Waals surface area (Å²) in [6, 6.07) is 2.51. The number of aliphatic hydroxyl groups is 1. The Morgan fingerprint density at radius 3 is 2.74 bits per heavy atom. The minimum Gasteiger partial charge on any atom is -0.508 e. The zero-order valence-corrected chi connectivity index (χ0v) is 13.4. The van der Waals surface area contributed by atoms with Crippen LogP contribution in [-0.4, -0.2) is 33.5 Å². The van der Waals surface area contributed by atoms with Gasteiger partial charge in [-0.2, -0.15) is 0 Å². The Bertz CT molecular complexity index is 579. The maximum absolute atomic E-state index is 12.4. The van der Waals surface area contributed by atoms with Gasteiger partial charge in [0.15, 0.2) is 0 Å². The fraction of sp³-hybridized carbons (Fsp3) is 0.500. The van der Waals surface area contributed by atoms with E-state index in [-0.39, 0.29) is 29.6 Å². The Morgan fingerprint density at radius 2 is 1.96 bits per heavy atom. The van der Waals surface area contributed by atoms with Crippen LogP contribution in [0.1, 0.15) is 54.9 Å². The van der Waals surface area contributed by atoms with Gasteiger partial charge in [-0.15, -0.1) is 0 Å². The van der Waals surface area contributed by atoms with Crippen LogP contribution in [0.3, 0.4) is 0 Å². The molecule has 1 aromatic rings. The maximum Gasteiger partial charge on any atom is 0.342 e. The van der Waals surface area contributed by atoms with E-state index in [4.69, 9.17) is 4.74 Å². The van der Waals surface area contributed by atoms with Crippen LogP contribution >= 0.6 is 0 Å². The predicted molar refractivity (Wildman–Crippen MR) is 86.6 cm³/mol. The van der Waals surface area contributed by atoms with Gasteiger partial charge in [0.05, 0.1) is 6.10 Å². The number of phenols is 2. The highest BCUT2D eigenvalue weighted by molar-refractivity contribution is 5.94. The van der Waals surface area contributed by atoms with Crippen molar-refractivity contribution >= 4 is 5.97 Å². The van der Waals surface area contributed by atoms with Crippen LogP contribution in [0.25, 0.3) is 0 Å². The molecule has 0 saturated heterocycles. The number of hydrogen-bond acceptors (Lipinski definition) is 5. The number of hydrogen-bond donors (Lipinski definition) is 3. The van der Waals surface area contributed by atoms with E-state index in [9.17, 15) is 20.1 Å². The third-order valence-electron chi connectivity index (χ3n) is 3.94. The number of allylic oxidation sites excluding steroid dienone is 1. The minimum atomic E-state index is -0.636. The molecule has 0 amide bonds. The molecule has 0 radical (unpaired) electrons. The molecule has 0 bridgehead atoms. The number of phenolic OH excluding ortho intramolecular Hbond substituents is 2. The predicted octanol–water partition coefficient (Wildman–Crippen LogP) is 3.07. The standard InChI is InChI=1S/C18H24O5/c1-12-7-5-3-2-4-6-8-14(19)9-13-10-15(20)11-16(21)17(13)18(22)23-12/h3,5,10-12,14,19-21H,2,4,6-9H2,1H3/b5-3+/t12-,14?/m0/s1. The molecule has 1 heterocycles. The number of aliphatic hydroxyl groups excluding tert-OH is 1. The van der Waals surface area contributed by atoms with Crippen LogP contribution in [0.4, 0.5) is 0 Å². The normalized spacial score (nSPS) is 25.0. The van der Waals surface area contributed by atoms with Crippen LogP contribution in [-0.2, 0) is 11.2 Å². The molecule has 1 aromatic carbocycles. The van der Waals surface area contributed by atoms with Gasteiger partial charge in [-0.25, -0.2) is 4.79 Å². The summed E-state index contributed by atoms with van der Waals surface area (Å²) >= 11 is 0. The van der Waals surface area contributed by atoms with Gasteiger partial charge in [-0.1, -0.05) is 18.6 Å². The van der Waals surface area contributed by atoms with Gasteiger partial charge in [0, 0.05) is 12.5 Å². The van der Waals surface area contributed by atoms with E-state index in [0.29, 0.717) is 18.4 Å². The summed E-state index contributed by atoms with van der Waals surface area (Å²) in [6.07, 6.45) is 7.31. The number of aromatic hydroxyl groups is 2. The molecule has 0 aliphatic carbocycles. The van der Waals surface area contributed by atoms with Crippen molar-refractivity contribution in [3.63, 3.8) is 0 Å². The van der Waals surface area contributed by atoms with Crippen molar-refractivity contribution in [2.24, 2.45) is 0 Å². The molecule has 0 aromatic heterocycles. The first-order chi connectivity index (χ1) is 11.0. The molecule has 1 aliphatic heterocycles. The molecule has 23 heavy (non-hydrogen) atoms. The summed E-state index contributed by atoms with van der Waals surface area (Å²) in [7, 11) is 0. The average molecular weight is 320 g/mol. The highest BCUT2D eigenvalue weighted by Crippen LogP contribution is 2.30.